The van der Waals surface area contributed by atoms with Crippen LogP contribution in [-0.2, 0) is 0 Å². The second kappa shape index (κ2) is 5.54. The summed E-state index contributed by atoms with van der Waals surface area (Å²) in [7, 11) is 0. The summed E-state index contributed by atoms with van der Waals surface area (Å²) in [5.74, 6) is 2.72. The minimum atomic E-state index is 0.737. The number of fused-ring (bicyclic) bond motifs is 3. The minimum Gasteiger partial charge on any atom is -0.354 e. The predicted molar refractivity (Wildman–Crippen MR) is 83.4 cm³/mol. The number of hydrogen-bond donors (Lipinski definition) is 1. The van der Waals surface area contributed by atoms with Crippen LogP contribution in [0.5, 0.6) is 0 Å². The van der Waals surface area contributed by atoms with Crippen LogP contribution in [0.15, 0.2) is 12.1 Å². The van der Waals surface area contributed by atoms with Gasteiger partial charge in [-0.15, -0.1) is 5.10 Å². The van der Waals surface area contributed by atoms with Gasteiger partial charge in [0, 0.05) is 38.1 Å². The molecule has 4 fully saturated rings. The van der Waals surface area contributed by atoms with Crippen LogP contribution in [0.4, 0.5) is 5.82 Å². The van der Waals surface area contributed by atoms with E-state index < -0.39 is 0 Å². The number of anilines is 1. The lowest BCUT2D eigenvalue weighted by Gasteiger charge is -2.47. The van der Waals surface area contributed by atoms with Crippen molar-refractivity contribution in [1.82, 2.24) is 20.4 Å². The summed E-state index contributed by atoms with van der Waals surface area (Å²) >= 11 is 0. The van der Waals surface area contributed by atoms with Crippen molar-refractivity contribution in [2.45, 2.75) is 25.8 Å². The number of nitrogens with zero attached hydrogens (tertiary/aromatic N) is 4. The molecule has 0 spiro atoms. The van der Waals surface area contributed by atoms with Crippen LogP contribution in [0.2, 0.25) is 0 Å². The van der Waals surface area contributed by atoms with E-state index in [9.17, 15) is 0 Å². The quantitative estimate of drug-likeness (QED) is 0.891. The van der Waals surface area contributed by atoms with E-state index in [1.54, 1.807) is 0 Å². The summed E-state index contributed by atoms with van der Waals surface area (Å²) in [6.07, 6.45) is 2.79. The predicted octanol–water partition coefficient (Wildman–Crippen LogP) is 0.905. The van der Waals surface area contributed by atoms with Gasteiger partial charge in [0.1, 0.15) is 0 Å². The average molecular weight is 287 g/mol. The second-order valence-corrected chi connectivity index (χ2v) is 6.96. The van der Waals surface area contributed by atoms with Crippen molar-refractivity contribution < 1.29 is 0 Å². The Bertz CT molecular complexity index is 474. The summed E-state index contributed by atoms with van der Waals surface area (Å²) in [5, 5.41) is 12.2. The zero-order valence-corrected chi connectivity index (χ0v) is 12.8. The van der Waals surface area contributed by atoms with Gasteiger partial charge in [-0.3, -0.25) is 0 Å². The Morgan fingerprint density at radius 2 is 1.95 bits per heavy atom. The highest BCUT2D eigenvalue weighted by molar-refractivity contribution is 5.40. The fourth-order valence-electron chi connectivity index (χ4n) is 3.96. The molecule has 5 heterocycles. The van der Waals surface area contributed by atoms with E-state index in [0.717, 1.165) is 49.0 Å². The molecule has 4 saturated heterocycles. The molecule has 1 unspecified atom stereocenters. The van der Waals surface area contributed by atoms with Crippen molar-refractivity contribution in [3.8, 4) is 0 Å². The molecule has 0 radical (unpaired) electrons. The maximum absolute atomic E-state index is 4.26. The van der Waals surface area contributed by atoms with Crippen molar-refractivity contribution in [2.24, 2.45) is 11.8 Å². The molecule has 1 aromatic rings. The number of hydrogen-bond acceptors (Lipinski definition) is 5. The van der Waals surface area contributed by atoms with Gasteiger partial charge in [-0.2, -0.15) is 5.10 Å². The van der Waals surface area contributed by atoms with Crippen molar-refractivity contribution in [3.63, 3.8) is 0 Å². The summed E-state index contributed by atoms with van der Waals surface area (Å²) in [6.45, 7) is 9.29. The van der Waals surface area contributed by atoms with E-state index in [0.29, 0.717) is 0 Å². The van der Waals surface area contributed by atoms with Crippen LogP contribution < -0.4 is 10.2 Å². The first kappa shape index (κ1) is 13.5. The maximum Gasteiger partial charge on any atom is 0.151 e. The number of rotatable bonds is 4. The van der Waals surface area contributed by atoms with Gasteiger partial charge in [0.05, 0.1) is 5.69 Å². The van der Waals surface area contributed by atoms with Crippen LogP contribution in [0.1, 0.15) is 18.5 Å². The summed E-state index contributed by atoms with van der Waals surface area (Å²) in [5.41, 5.74) is 0.986. The molecule has 1 aromatic heterocycles. The Labute approximate surface area is 126 Å². The van der Waals surface area contributed by atoms with Gasteiger partial charge >= 0.3 is 0 Å². The second-order valence-electron chi connectivity index (χ2n) is 6.96. The molecule has 0 amide bonds. The van der Waals surface area contributed by atoms with E-state index in [1.165, 1.54) is 32.5 Å². The Balaban J connectivity index is 1.23. The lowest BCUT2D eigenvalue weighted by atomic mass is 9.83. The molecule has 0 aromatic carbocycles. The van der Waals surface area contributed by atoms with Crippen molar-refractivity contribution in [2.75, 3.05) is 44.2 Å². The summed E-state index contributed by atoms with van der Waals surface area (Å²) < 4.78 is 0. The molecule has 21 heavy (non-hydrogen) atoms. The SMILES string of the molecule is Cc1ccc(N2CC(CNC3CN4CCC3CC4)C2)nn1. The highest BCUT2D eigenvalue weighted by Gasteiger charge is 2.35. The van der Waals surface area contributed by atoms with E-state index in [2.05, 4.69) is 31.4 Å². The van der Waals surface area contributed by atoms with E-state index in [-0.39, 0.29) is 0 Å². The fourth-order valence-corrected chi connectivity index (χ4v) is 3.96. The van der Waals surface area contributed by atoms with E-state index in [1.807, 2.05) is 13.0 Å². The smallest absolute Gasteiger partial charge is 0.151 e. The van der Waals surface area contributed by atoms with E-state index in [4.69, 9.17) is 0 Å². The fraction of sp³-hybridized carbons (Fsp3) is 0.750. The summed E-state index contributed by atoms with van der Waals surface area (Å²) in [6, 6.07) is 4.86. The zero-order valence-electron chi connectivity index (χ0n) is 12.8. The summed E-state index contributed by atoms with van der Waals surface area (Å²) in [4.78, 5) is 4.95. The third-order valence-electron chi connectivity index (χ3n) is 5.39. The molecule has 0 aliphatic carbocycles. The third-order valence-corrected chi connectivity index (χ3v) is 5.39. The normalized spacial score (nSPS) is 32.2. The van der Waals surface area contributed by atoms with Gasteiger partial charge in [0.25, 0.3) is 0 Å². The number of nitrogens with one attached hydrogen (secondary N) is 1. The van der Waals surface area contributed by atoms with Crippen LogP contribution in [0, 0.1) is 18.8 Å². The Kier molecular flexibility index (Phi) is 3.55. The van der Waals surface area contributed by atoms with Crippen LogP contribution in [-0.4, -0.2) is 60.4 Å². The van der Waals surface area contributed by atoms with Gasteiger partial charge < -0.3 is 15.1 Å². The Morgan fingerprint density at radius 1 is 1.14 bits per heavy atom. The lowest BCUT2D eigenvalue weighted by molar-refractivity contribution is 0.0700. The highest BCUT2D eigenvalue weighted by atomic mass is 15.3. The van der Waals surface area contributed by atoms with Gasteiger partial charge in [0.15, 0.2) is 5.82 Å². The molecule has 4 aliphatic heterocycles. The van der Waals surface area contributed by atoms with Gasteiger partial charge in [-0.05, 0) is 50.9 Å². The highest BCUT2D eigenvalue weighted by Crippen LogP contribution is 2.28. The van der Waals surface area contributed by atoms with Gasteiger partial charge in [0.2, 0.25) is 0 Å². The molecule has 5 nitrogen and oxygen atoms in total. The molecule has 2 bridgehead atoms. The molecule has 1 atom stereocenters. The monoisotopic (exact) mass is 287 g/mol. The maximum atomic E-state index is 4.26. The lowest BCUT2D eigenvalue weighted by Crippen LogP contribution is -2.59. The molecule has 5 rings (SSSR count). The van der Waals surface area contributed by atoms with Crippen LogP contribution in [0.3, 0.4) is 0 Å². The van der Waals surface area contributed by atoms with Crippen molar-refractivity contribution in [3.05, 3.63) is 17.8 Å². The zero-order chi connectivity index (χ0) is 14.2. The minimum absolute atomic E-state index is 0.737. The first-order chi connectivity index (χ1) is 10.3. The molecular formula is C16H25N5. The first-order valence-corrected chi connectivity index (χ1v) is 8.29. The largest absolute Gasteiger partial charge is 0.354 e. The van der Waals surface area contributed by atoms with Crippen molar-refractivity contribution >= 4 is 5.82 Å². The van der Waals surface area contributed by atoms with Gasteiger partial charge in [-0.25, -0.2) is 0 Å². The number of piperidine rings is 3. The average Bonchev–Trinajstić information content (AvgIpc) is 2.49. The molecule has 4 aliphatic rings. The third kappa shape index (κ3) is 2.77. The molecule has 0 saturated carbocycles. The molecular weight excluding hydrogens is 262 g/mol. The standard InChI is InChI=1S/C16H25N5/c1-12-2-3-16(19-18-12)21-9-13(10-21)8-17-15-11-20-6-4-14(15)5-7-20/h2-3,13-15,17H,4-11H2,1H3. The van der Waals surface area contributed by atoms with Crippen LogP contribution >= 0.6 is 0 Å². The number of aromatic nitrogens is 2. The van der Waals surface area contributed by atoms with E-state index >= 15 is 0 Å². The Morgan fingerprint density at radius 3 is 2.57 bits per heavy atom. The Hall–Kier alpha value is -1.20. The van der Waals surface area contributed by atoms with Gasteiger partial charge in [-0.1, -0.05) is 0 Å². The van der Waals surface area contributed by atoms with Crippen LogP contribution in [0.25, 0.3) is 0 Å². The topological polar surface area (TPSA) is 44.3 Å². The number of aryl methyl sites for hydroxylation is 1. The van der Waals surface area contributed by atoms with Crippen molar-refractivity contribution in [1.29, 1.82) is 0 Å². The first-order valence-electron chi connectivity index (χ1n) is 8.29. The molecule has 1 N–H and O–H groups in total. The molecule has 5 heteroatoms. The molecule has 114 valence electrons.